The summed E-state index contributed by atoms with van der Waals surface area (Å²) in [6.45, 7) is 4.21. The minimum atomic E-state index is -0.868. The maximum Gasteiger partial charge on any atom is 0.220 e. The first kappa shape index (κ1) is 69.3. The molecule has 1 amide bonds. The molecule has 0 aliphatic rings. The standard InChI is InChI=1S/C68H121NO3/c1-3-5-7-9-11-13-15-17-19-21-23-25-27-29-30-31-32-33-34-35-36-37-38-40-42-44-46-48-50-52-54-56-58-60-62-64-68(72)69-66(65-70)67(71)63-61-59-57-55-53-51-49-47-45-43-41-39-28-26-24-22-20-18-16-14-12-10-8-6-4-2/h5,7,11,13,17,19,23,25,29-30,32-33,53,55,61,63,66-67,70-71H,3-4,6,8-10,12,14-16,18,20-22,24,26-28,31,34-52,54,56-60,62,64-65H2,1-2H3,(H,69,72)/b7-5-,13-11-,19-17-,25-23-,30-29-,33-32-,55-53+,63-61+. The molecule has 3 N–H and O–H groups in total. The fraction of sp³-hybridized carbons (Fsp3) is 0.750. The van der Waals surface area contributed by atoms with Crippen molar-refractivity contribution in [3.8, 4) is 0 Å². The highest BCUT2D eigenvalue weighted by Crippen LogP contribution is 2.17. The predicted octanol–water partition coefficient (Wildman–Crippen LogP) is 21.3. The van der Waals surface area contributed by atoms with Gasteiger partial charge in [0.15, 0.2) is 0 Å². The molecule has 416 valence electrons. The largest absolute Gasteiger partial charge is 0.394 e. The smallest absolute Gasteiger partial charge is 0.220 e. The van der Waals surface area contributed by atoms with Gasteiger partial charge in [-0.1, -0.05) is 317 Å². The van der Waals surface area contributed by atoms with Crippen LogP contribution in [0.25, 0.3) is 0 Å². The lowest BCUT2D eigenvalue weighted by atomic mass is 10.0. The number of aliphatic hydroxyl groups is 2. The van der Waals surface area contributed by atoms with Gasteiger partial charge in [0, 0.05) is 6.42 Å². The number of rotatable bonds is 57. The van der Waals surface area contributed by atoms with Crippen LogP contribution < -0.4 is 5.32 Å². The Labute approximate surface area is 449 Å². The van der Waals surface area contributed by atoms with Crippen LogP contribution in [0.2, 0.25) is 0 Å². The monoisotopic (exact) mass is 1000 g/mol. The zero-order chi connectivity index (χ0) is 52.0. The van der Waals surface area contributed by atoms with E-state index in [4.69, 9.17) is 0 Å². The Morgan fingerprint density at radius 3 is 0.972 bits per heavy atom. The lowest BCUT2D eigenvalue weighted by molar-refractivity contribution is -0.123. The Morgan fingerprint density at radius 2 is 0.625 bits per heavy atom. The van der Waals surface area contributed by atoms with Crippen LogP contribution in [0.5, 0.6) is 0 Å². The molecule has 2 unspecified atom stereocenters. The highest BCUT2D eigenvalue weighted by Gasteiger charge is 2.18. The van der Waals surface area contributed by atoms with Crippen LogP contribution in [-0.4, -0.2) is 34.9 Å². The van der Waals surface area contributed by atoms with Crippen molar-refractivity contribution in [1.82, 2.24) is 5.32 Å². The molecular weight excluding hydrogens is 879 g/mol. The Bertz CT molecular complexity index is 1320. The van der Waals surface area contributed by atoms with E-state index in [1.807, 2.05) is 6.08 Å². The summed E-state index contributed by atoms with van der Waals surface area (Å²) in [5, 5.41) is 23.2. The fourth-order valence-corrected chi connectivity index (χ4v) is 9.32. The molecule has 0 saturated carbocycles. The second kappa shape index (κ2) is 62.6. The average molecular weight is 1000 g/mol. The maximum atomic E-state index is 12.5. The van der Waals surface area contributed by atoms with Crippen molar-refractivity contribution in [1.29, 1.82) is 0 Å². The van der Waals surface area contributed by atoms with Gasteiger partial charge in [0.2, 0.25) is 5.91 Å². The Balaban J connectivity index is 3.52. The van der Waals surface area contributed by atoms with Crippen molar-refractivity contribution < 1.29 is 15.0 Å². The van der Waals surface area contributed by atoms with Crippen molar-refractivity contribution in [2.75, 3.05) is 6.61 Å². The summed E-state index contributed by atoms with van der Waals surface area (Å²) < 4.78 is 0. The van der Waals surface area contributed by atoms with Crippen LogP contribution in [-0.2, 0) is 4.79 Å². The number of hydrogen-bond acceptors (Lipinski definition) is 3. The topological polar surface area (TPSA) is 69.6 Å². The molecule has 4 heteroatoms. The second-order valence-corrected chi connectivity index (χ2v) is 21.1. The first-order chi connectivity index (χ1) is 35.7. The van der Waals surface area contributed by atoms with Gasteiger partial charge in [-0.25, -0.2) is 0 Å². The lowest BCUT2D eigenvalue weighted by Gasteiger charge is -2.19. The number of allylic oxidation sites excluding steroid dienone is 15. The molecule has 0 aromatic carbocycles. The van der Waals surface area contributed by atoms with E-state index < -0.39 is 12.1 Å². The molecule has 0 spiro atoms. The Kier molecular flexibility index (Phi) is 60.3. The number of amides is 1. The summed E-state index contributed by atoms with van der Waals surface area (Å²) in [6.07, 6.45) is 93.1. The summed E-state index contributed by atoms with van der Waals surface area (Å²) in [4.78, 5) is 12.5. The molecule has 72 heavy (non-hydrogen) atoms. The van der Waals surface area contributed by atoms with Gasteiger partial charge < -0.3 is 15.5 Å². The molecule has 0 aliphatic carbocycles. The maximum absolute atomic E-state index is 12.5. The zero-order valence-electron chi connectivity index (χ0n) is 47.9. The van der Waals surface area contributed by atoms with E-state index in [0.29, 0.717) is 6.42 Å². The molecule has 4 nitrogen and oxygen atoms in total. The third-order valence-electron chi connectivity index (χ3n) is 14.1. The van der Waals surface area contributed by atoms with Gasteiger partial charge in [-0.2, -0.15) is 0 Å². The van der Waals surface area contributed by atoms with E-state index >= 15 is 0 Å². The molecule has 0 aromatic rings. The van der Waals surface area contributed by atoms with Gasteiger partial charge in [0.1, 0.15) is 0 Å². The van der Waals surface area contributed by atoms with Crippen LogP contribution in [0.3, 0.4) is 0 Å². The average Bonchev–Trinajstić information content (AvgIpc) is 3.39. The predicted molar refractivity (Wildman–Crippen MR) is 322 cm³/mol. The van der Waals surface area contributed by atoms with E-state index in [0.717, 1.165) is 70.6 Å². The van der Waals surface area contributed by atoms with E-state index in [-0.39, 0.29) is 12.5 Å². The highest BCUT2D eigenvalue weighted by atomic mass is 16.3. The first-order valence-corrected chi connectivity index (χ1v) is 31.5. The van der Waals surface area contributed by atoms with Crippen LogP contribution in [0.15, 0.2) is 97.2 Å². The van der Waals surface area contributed by atoms with E-state index in [2.05, 4.69) is 104 Å². The summed E-state index contributed by atoms with van der Waals surface area (Å²) in [5.74, 6) is -0.0731. The Hall–Kier alpha value is -2.69. The SMILES string of the molecule is CC/C=C\C/C=C\C/C=C\C/C=C\C/C=C\C/C=C\CCCCCCCCCCCCCCCCCCC(=O)NC(CO)C(O)/C=C/CC/C=C/CCCCCCCCCCCCCCCCCCCCC. The summed E-state index contributed by atoms with van der Waals surface area (Å²) >= 11 is 0. The van der Waals surface area contributed by atoms with Crippen LogP contribution in [0.1, 0.15) is 309 Å². The molecule has 0 radical (unpaired) electrons. The summed E-state index contributed by atoms with van der Waals surface area (Å²) in [6, 6.07) is -0.645. The first-order valence-electron chi connectivity index (χ1n) is 31.5. The van der Waals surface area contributed by atoms with Gasteiger partial charge in [0.25, 0.3) is 0 Å². The van der Waals surface area contributed by atoms with Crippen LogP contribution in [0, 0.1) is 0 Å². The Morgan fingerprint density at radius 1 is 0.347 bits per heavy atom. The minimum absolute atomic E-state index is 0.0731. The van der Waals surface area contributed by atoms with Gasteiger partial charge in [-0.15, -0.1) is 0 Å². The molecular formula is C68H121NO3. The summed E-state index contributed by atoms with van der Waals surface area (Å²) in [5.41, 5.74) is 0. The molecule has 0 fully saturated rings. The van der Waals surface area contributed by atoms with E-state index in [9.17, 15) is 15.0 Å². The minimum Gasteiger partial charge on any atom is -0.394 e. The van der Waals surface area contributed by atoms with Gasteiger partial charge in [-0.05, 0) is 83.5 Å². The normalized spacial score (nSPS) is 13.4. The molecule has 2 atom stereocenters. The van der Waals surface area contributed by atoms with Crippen molar-refractivity contribution in [3.63, 3.8) is 0 Å². The molecule has 0 saturated heterocycles. The van der Waals surface area contributed by atoms with Crippen LogP contribution in [0.4, 0.5) is 0 Å². The van der Waals surface area contributed by atoms with Crippen molar-refractivity contribution >= 4 is 5.91 Å². The van der Waals surface area contributed by atoms with E-state index in [1.165, 1.54) is 218 Å². The van der Waals surface area contributed by atoms with Crippen molar-refractivity contribution in [2.45, 2.75) is 321 Å². The molecule has 0 bridgehead atoms. The zero-order valence-corrected chi connectivity index (χ0v) is 47.9. The lowest BCUT2D eigenvalue weighted by Crippen LogP contribution is -2.45. The number of hydrogen-bond donors (Lipinski definition) is 3. The number of unbranched alkanes of at least 4 members (excludes halogenated alkanes) is 36. The molecule has 0 heterocycles. The third-order valence-corrected chi connectivity index (χ3v) is 14.1. The number of carbonyl (C=O) groups is 1. The van der Waals surface area contributed by atoms with E-state index in [1.54, 1.807) is 6.08 Å². The summed E-state index contributed by atoms with van der Waals surface area (Å²) in [7, 11) is 0. The molecule has 0 aliphatic heterocycles. The molecule has 0 rings (SSSR count). The third kappa shape index (κ3) is 58.2. The fourth-order valence-electron chi connectivity index (χ4n) is 9.32. The van der Waals surface area contributed by atoms with Gasteiger partial charge in [0.05, 0.1) is 18.8 Å². The molecule has 0 aromatic heterocycles. The highest BCUT2D eigenvalue weighted by molar-refractivity contribution is 5.76. The van der Waals surface area contributed by atoms with Crippen LogP contribution >= 0.6 is 0 Å². The quantitative estimate of drug-likeness (QED) is 0.0420. The van der Waals surface area contributed by atoms with Crippen molar-refractivity contribution in [3.05, 3.63) is 97.2 Å². The van der Waals surface area contributed by atoms with Crippen molar-refractivity contribution in [2.24, 2.45) is 0 Å². The number of aliphatic hydroxyl groups excluding tert-OH is 2. The second-order valence-electron chi connectivity index (χ2n) is 21.1. The number of carbonyl (C=O) groups excluding carboxylic acids is 1. The number of nitrogens with one attached hydrogen (secondary N) is 1. The van der Waals surface area contributed by atoms with Gasteiger partial charge >= 0.3 is 0 Å². The van der Waals surface area contributed by atoms with Gasteiger partial charge in [-0.3, -0.25) is 4.79 Å².